The summed E-state index contributed by atoms with van der Waals surface area (Å²) >= 11 is 3.50. The Morgan fingerprint density at radius 3 is 2.13 bits per heavy atom. The average Bonchev–Trinajstić information content (AvgIpc) is 3.28. The highest BCUT2D eigenvalue weighted by atomic mass is 79.9. The standard InChI is InChI=1S/C28H36BrN5O3S/c1-7-9-25-26(30-31-34(25)17-23-10-8-11-24(29)16-23)28(35)32-12-14-33(15-13-32)38(36,37)27-21(5)19(3)18(2)20(4)22(27)6/h8,10-11,16H,7,9,12-15,17H2,1-6H3. The number of carbonyl (C=O) groups excluding carboxylic acids is 1. The van der Waals surface area contributed by atoms with E-state index >= 15 is 0 Å². The van der Waals surface area contributed by atoms with E-state index in [1.807, 2.05) is 58.9 Å². The maximum absolute atomic E-state index is 13.7. The van der Waals surface area contributed by atoms with Crippen molar-refractivity contribution >= 4 is 31.9 Å². The van der Waals surface area contributed by atoms with Crippen molar-refractivity contribution in [3.63, 3.8) is 0 Å². The zero-order chi connectivity index (χ0) is 27.8. The lowest BCUT2D eigenvalue weighted by molar-refractivity contribution is 0.0690. The summed E-state index contributed by atoms with van der Waals surface area (Å²) in [6.07, 6.45) is 1.54. The molecular formula is C28H36BrN5O3S. The molecule has 3 aromatic rings. The molecule has 0 N–H and O–H groups in total. The van der Waals surface area contributed by atoms with E-state index in [0.29, 0.717) is 36.6 Å². The Labute approximate surface area is 234 Å². The number of benzene rings is 2. The van der Waals surface area contributed by atoms with Gasteiger partial charge in [0.25, 0.3) is 5.91 Å². The van der Waals surface area contributed by atoms with Crippen LogP contribution in [0.2, 0.25) is 0 Å². The van der Waals surface area contributed by atoms with Crippen LogP contribution in [0.4, 0.5) is 0 Å². The molecular weight excluding hydrogens is 566 g/mol. The normalized spacial score (nSPS) is 14.8. The van der Waals surface area contributed by atoms with Crippen molar-refractivity contribution in [2.75, 3.05) is 26.2 Å². The summed E-state index contributed by atoms with van der Waals surface area (Å²) < 4.78 is 31.7. The maximum atomic E-state index is 13.7. The Bertz CT molecular complexity index is 1440. The summed E-state index contributed by atoms with van der Waals surface area (Å²) in [5, 5.41) is 8.58. The van der Waals surface area contributed by atoms with Gasteiger partial charge in [-0.1, -0.05) is 46.6 Å². The molecule has 0 aliphatic carbocycles. The highest BCUT2D eigenvalue weighted by Gasteiger charge is 2.34. The fraction of sp³-hybridized carbons (Fsp3) is 0.464. The van der Waals surface area contributed by atoms with E-state index in [0.717, 1.165) is 50.0 Å². The summed E-state index contributed by atoms with van der Waals surface area (Å²) in [4.78, 5) is 15.6. The van der Waals surface area contributed by atoms with Crippen LogP contribution in [0.3, 0.4) is 0 Å². The predicted molar refractivity (Wildman–Crippen MR) is 152 cm³/mol. The van der Waals surface area contributed by atoms with Gasteiger partial charge in [-0.05, 0) is 86.6 Å². The monoisotopic (exact) mass is 601 g/mol. The van der Waals surface area contributed by atoms with Gasteiger partial charge in [0.2, 0.25) is 10.0 Å². The zero-order valence-electron chi connectivity index (χ0n) is 23.0. The van der Waals surface area contributed by atoms with Crippen molar-refractivity contribution in [3.8, 4) is 0 Å². The van der Waals surface area contributed by atoms with Gasteiger partial charge in [-0.15, -0.1) is 5.10 Å². The first-order valence-corrected chi connectivity index (χ1v) is 15.2. The molecule has 4 rings (SSSR count). The van der Waals surface area contributed by atoms with Gasteiger partial charge in [0.05, 0.1) is 17.1 Å². The minimum atomic E-state index is -3.69. The summed E-state index contributed by atoms with van der Waals surface area (Å²) in [5.74, 6) is -0.194. The van der Waals surface area contributed by atoms with E-state index in [1.54, 1.807) is 9.58 Å². The first-order valence-electron chi connectivity index (χ1n) is 13.0. The molecule has 2 aromatic carbocycles. The first-order chi connectivity index (χ1) is 18.0. The van der Waals surface area contributed by atoms with E-state index in [-0.39, 0.29) is 19.0 Å². The van der Waals surface area contributed by atoms with E-state index in [1.165, 1.54) is 4.31 Å². The van der Waals surface area contributed by atoms with E-state index in [4.69, 9.17) is 0 Å². The molecule has 0 radical (unpaired) electrons. The van der Waals surface area contributed by atoms with Gasteiger partial charge in [0.1, 0.15) is 0 Å². The van der Waals surface area contributed by atoms with Crippen molar-refractivity contribution in [2.24, 2.45) is 0 Å². The molecule has 1 aromatic heterocycles. The second-order valence-corrected chi connectivity index (χ2v) is 12.9. The zero-order valence-corrected chi connectivity index (χ0v) is 25.4. The lowest BCUT2D eigenvalue weighted by Gasteiger charge is -2.34. The second-order valence-electron chi connectivity index (χ2n) is 10.1. The number of aromatic nitrogens is 3. The van der Waals surface area contributed by atoms with Crippen molar-refractivity contribution < 1.29 is 13.2 Å². The third-order valence-electron chi connectivity index (χ3n) is 7.80. The van der Waals surface area contributed by atoms with Crippen LogP contribution in [0.1, 0.15) is 62.9 Å². The van der Waals surface area contributed by atoms with Crippen LogP contribution in [0.25, 0.3) is 0 Å². The Morgan fingerprint density at radius 1 is 0.947 bits per heavy atom. The fourth-order valence-corrected chi connectivity index (χ4v) is 7.61. The topological polar surface area (TPSA) is 88.4 Å². The lowest BCUT2D eigenvalue weighted by atomic mass is 9.95. The molecule has 10 heteroatoms. The Hall–Kier alpha value is -2.56. The maximum Gasteiger partial charge on any atom is 0.276 e. The van der Waals surface area contributed by atoms with Gasteiger partial charge in [-0.3, -0.25) is 4.79 Å². The summed E-state index contributed by atoms with van der Waals surface area (Å²) in [6, 6.07) is 7.98. The van der Waals surface area contributed by atoms with Crippen LogP contribution in [0.15, 0.2) is 33.6 Å². The number of hydrogen-bond acceptors (Lipinski definition) is 5. The molecule has 204 valence electrons. The molecule has 38 heavy (non-hydrogen) atoms. The molecule has 0 spiro atoms. The van der Waals surface area contributed by atoms with Crippen molar-refractivity contribution in [1.29, 1.82) is 0 Å². The number of rotatable bonds is 7. The molecule has 2 heterocycles. The van der Waals surface area contributed by atoms with Gasteiger partial charge in [0.15, 0.2) is 5.69 Å². The third kappa shape index (κ3) is 5.31. The molecule has 0 atom stereocenters. The number of amides is 1. The quantitative estimate of drug-likeness (QED) is 0.390. The van der Waals surface area contributed by atoms with Crippen LogP contribution < -0.4 is 0 Å². The van der Waals surface area contributed by atoms with E-state index < -0.39 is 10.0 Å². The molecule has 8 nitrogen and oxygen atoms in total. The van der Waals surface area contributed by atoms with Crippen molar-refractivity contribution in [1.82, 2.24) is 24.2 Å². The molecule has 1 saturated heterocycles. The molecule has 0 bridgehead atoms. The lowest BCUT2D eigenvalue weighted by Crippen LogP contribution is -2.51. The molecule has 1 aliphatic heterocycles. The Balaban J connectivity index is 1.53. The van der Waals surface area contributed by atoms with Gasteiger partial charge in [-0.25, -0.2) is 13.1 Å². The van der Waals surface area contributed by atoms with Crippen LogP contribution >= 0.6 is 15.9 Å². The number of carbonyl (C=O) groups is 1. The van der Waals surface area contributed by atoms with Crippen molar-refractivity contribution in [3.05, 3.63) is 73.5 Å². The van der Waals surface area contributed by atoms with Crippen LogP contribution in [0, 0.1) is 34.6 Å². The molecule has 1 amide bonds. The van der Waals surface area contributed by atoms with Crippen LogP contribution in [-0.4, -0.2) is 64.7 Å². The molecule has 1 aliphatic rings. The second kappa shape index (κ2) is 11.3. The molecule has 0 saturated carbocycles. The highest BCUT2D eigenvalue weighted by Crippen LogP contribution is 2.32. The molecule has 0 unspecified atom stereocenters. The number of sulfonamides is 1. The predicted octanol–water partition coefficient (Wildman–Crippen LogP) is 4.73. The van der Waals surface area contributed by atoms with E-state index in [9.17, 15) is 13.2 Å². The highest BCUT2D eigenvalue weighted by molar-refractivity contribution is 9.10. The smallest absolute Gasteiger partial charge is 0.276 e. The van der Waals surface area contributed by atoms with Gasteiger partial charge in [0, 0.05) is 30.7 Å². The fourth-order valence-electron chi connectivity index (χ4n) is 5.18. The van der Waals surface area contributed by atoms with E-state index in [2.05, 4.69) is 33.2 Å². The van der Waals surface area contributed by atoms with Crippen molar-refractivity contribution in [2.45, 2.75) is 65.8 Å². The van der Waals surface area contributed by atoms with Gasteiger partial charge < -0.3 is 4.90 Å². The third-order valence-corrected chi connectivity index (χ3v) is 10.5. The summed E-state index contributed by atoms with van der Waals surface area (Å²) in [7, 11) is -3.69. The van der Waals surface area contributed by atoms with Gasteiger partial charge in [-0.2, -0.15) is 4.31 Å². The summed E-state index contributed by atoms with van der Waals surface area (Å²) in [6.45, 7) is 13.4. The molecule has 1 fully saturated rings. The van der Waals surface area contributed by atoms with Crippen LogP contribution in [-0.2, 0) is 23.0 Å². The van der Waals surface area contributed by atoms with Gasteiger partial charge >= 0.3 is 0 Å². The number of halogens is 1. The summed E-state index contributed by atoms with van der Waals surface area (Å²) in [5.41, 5.74) is 6.98. The average molecular weight is 603 g/mol. The number of nitrogens with zero attached hydrogens (tertiary/aromatic N) is 5. The minimum absolute atomic E-state index is 0.194. The number of piperazine rings is 1. The largest absolute Gasteiger partial charge is 0.335 e. The Morgan fingerprint density at radius 2 is 1.55 bits per heavy atom. The first kappa shape index (κ1) is 28.4. The minimum Gasteiger partial charge on any atom is -0.335 e. The Kier molecular flexibility index (Phi) is 8.44. The van der Waals surface area contributed by atoms with Crippen LogP contribution in [0.5, 0.6) is 0 Å². The number of hydrogen-bond donors (Lipinski definition) is 0. The SMILES string of the molecule is CCCc1c(C(=O)N2CCN(S(=O)(=O)c3c(C)c(C)c(C)c(C)c3C)CC2)nnn1Cc1cccc(Br)c1.